The van der Waals surface area contributed by atoms with E-state index in [1.165, 1.54) is 0 Å². The van der Waals surface area contributed by atoms with Crippen LogP contribution in [-0.2, 0) is 91.7 Å². The van der Waals surface area contributed by atoms with Crippen LogP contribution in [0.25, 0.3) is 43.1 Å². The van der Waals surface area contributed by atoms with Gasteiger partial charge in [0.25, 0.3) is 137 Å². The molecule has 0 atom stereocenters. The Morgan fingerprint density at radius 2 is 0.298 bits per heavy atom. The summed E-state index contributed by atoms with van der Waals surface area (Å²) in [5, 5.41) is -6.27. The normalized spacial score (nSPS) is 30.5. The Bertz CT molecular complexity index is 6070. The van der Waals surface area contributed by atoms with E-state index >= 15 is 115 Å². The van der Waals surface area contributed by atoms with Crippen LogP contribution in [0.3, 0.4) is 0 Å². The molecule has 16 bridgehead atoms. The quantitative estimate of drug-likeness (QED) is 0.0811. The van der Waals surface area contributed by atoms with Crippen molar-refractivity contribution in [2.75, 3.05) is 52.9 Å². The topological polar surface area (TPSA) is 514 Å². The second-order valence-corrected chi connectivity index (χ2v) is 34.2. The van der Waals surface area contributed by atoms with Gasteiger partial charge in [0.05, 0.1) is 43.1 Å². The summed E-state index contributed by atoms with van der Waals surface area (Å²) >= 11 is 0. The molecular weight excluding hydrogens is 1640 g/mol. The zero-order valence-corrected chi connectivity index (χ0v) is 65.6. The molecule has 8 spiro atoms. The van der Waals surface area contributed by atoms with Crippen LogP contribution >= 0.6 is 0 Å². The molecule has 14 fully saturated rings. The Morgan fingerprint density at radius 1 is 0.185 bits per heavy atom. The van der Waals surface area contributed by atoms with E-state index in [9.17, 15) is 0 Å². The predicted octanol–water partition coefficient (Wildman–Crippen LogP) is -6.97. The van der Waals surface area contributed by atoms with E-state index in [2.05, 4.69) is 0 Å². The van der Waals surface area contributed by atoms with Crippen molar-refractivity contribution in [1.82, 2.24) is 135 Å². The molecule has 52 heteroatoms. The number of unbranched alkanes of at least 4 members (excludes halogenated alkanes) is 4. The molecular formula is C72H64N28O24. The number of benzene rings is 2. The van der Waals surface area contributed by atoms with E-state index in [1.807, 2.05) is 0 Å². The highest BCUT2D eigenvalue weighted by Gasteiger charge is 2.99. The SMILES string of the molecule is CCCCN1C(=O)C23N4CN5C(=O)N6Cn7c(=O)c8cc9c(=O)n%10n%11c(=O)c9cc8c(=O)n7CN7C(=O)N8CN9C(=O)N%12Cn%13c(=O)c%14cc%15c(=O)n%16n(c(=O)c%15cc%14c(=O)n%13CN(C4=O)C2(C1=O)N(C%16)C(=O)N3CN1C(=O)N(C%11)C62C(=O)N(CCCC)C(=O)C512)CN1C(=O)N(CN2C(=O)N(C%10)C73C(=O)N(CCCC)C(=O)C823)C92C(=O)N(CCCC)C(=O)C%1212. The van der Waals surface area contributed by atoms with Gasteiger partial charge in [-0.25, -0.2) is 75.8 Å². The van der Waals surface area contributed by atoms with E-state index in [1.54, 1.807) is 27.7 Å². The molecule has 124 heavy (non-hydrogen) atoms. The highest BCUT2D eigenvalue weighted by atomic mass is 16.3. The fourth-order valence-electron chi connectivity index (χ4n) is 24.5. The van der Waals surface area contributed by atoms with Crippen LogP contribution in [-0.4, -0.2) is 329 Å². The number of likely N-dealkylation sites (tertiary alicyclic amines) is 4. The van der Waals surface area contributed by atoms with Gasteiger partial charge in [0, 0.05) is 26.2 Å². The molecule has 0 unspecified atom stereocenters. The van der Waals surface area contributed by atoms with Gasteiger partial charge in [0.15, 0.2) is 0 Å². The second-order valence-electron chi connectivity index (χ2n) is 34.2. The van der Waals surface area contributed by atoms with Crippen LogP contribution in [0.4, 0.5) is 38.4 Å². The molecule has 4 aromatic heterocycles. The Balaban J connectivity index is 0.897. The summed E-state index contributed by atoms with van der Waals surface area (Å²) < 4.78 is 3.05. The minimum atomic E-state index is -3.63. The lowest BCUT2D eigenvalue weighted by atomic mass is 9.91. The maximum Gasteiger partial charge on any atom is 0.327 e. The van der Waals surface area contributed by atoms with Crippen LogP contribution in [0.2, 0.25) is 0 Å². The predicted molar refractivity (Wildman–Crippen MR) is 397 cm³/mol. The number of imide groups is 4. The van der Waals surface area contributed by atoms with E-state index in [0.29, 0.717) is 135 Å². The van der Waals surface area contributed by atoms with E-state index in [4.69, 9.17) is 0 Å². The molecule has 24 amide bonds. The van der Waals surface area contributed by atoms with Gasteiger partial charge in [-0.2, -0.15) is 0 Å². The van der Waals surface area contributed by atoms with Gasteiger partial charge in [-0.1, -0.05) is 53.4 Å². The number of hydrogen-bond donors (Lipinski definition) is 0. The highest BCUT2D eigenvalue weighted by molar-refractivity contribution is 6.27. The summed E-state index contributed by atoms with van der Waals surface area (Å²) in [5.41, 5.74) is -41.0. The zero-order chi connectivity index (χ0) is 86.4. The van der Waals surface area contributed by atoms with Crippen LogP contribution in [0.1, 0.15) is 79.1 Å². The Labute approximate surface area is 685 Å². The molecule has 2 aromatic carbocycles. The first kappa shape index (κ1) is 71.8. The molecule has 6 aromatic rings. The maximum absolute atomic E-state index is 17.7. The van der Waals surface area contributed by atoms with Crippen molar-refractivity contribution in [3.8, 4) is 0 Å². The summed E-state index contributed by atoms with van der Waals surface area (Å²) in [4.78, 5) is 423. The van der Waals surface area contributed by atoms with E-state index < -0.39 is 335 Å². The van der Waals surface area contributed by atoms with Gasteiger partial charge in [0.2, 0.25) is 0 Å². The first-order chi connectivity index (χ1) is 59.3. The third-order valence-corrected chi connectivity index (χ3v) is 29.7. The molecule has 52 nitrogen and oxygen atoms in total. The third-order valence-electron chi connectivity index (χ3n) is 29.7. The van der Waals surface area contributed by atoms with Crippen LogP contribution in [0, 0.1) is 0 Å². The van der Waals surface area contributed by atoms with Crippen molar-refractivity contribution in [2.24, 2.45) is 0 Å². The van der Waals surface area contributed by atoms with Crippen molar-refractivity contribution in [3.05, 3.63) is 107 Å². The molecule has 636 valence electrons. The number of hydrogen-bond acceptors (Lipinski definition) is 24. The lowest BCUT2D eigenvalue weighted by molar-refractivity contribution is -0.169. The molecule has 14 saturated heterocycles. The lowest BCUT2D eigenvalue weighted by Crippen LogP contribution is -2.78. The molecule has 28 aliphatic heterocycles. The smallest absolute Gasteiger partial charge is 0.275 e. The molecule has 32 heterocycles. The van der Waals surface area contributed by atoms with E-state index in [0.717, 1.165) is 24.3 Å². The van der Waals surface area contributed by atoms with Gasteiger partial charge in [-0.3, -0.25) is 175 Å². The van der Waals surface area contributed by atoms with Crippen molar-refractivity contribution in [2.45, 2.75) is 178 Å². The molecule has 0 aliphatic carbocycles. The monoisotopic (exact) mass is 1700 g/mol. The first-order valence-corrected chi connectivity index (χ1v) is 40.4. The number of carbonyl (C=O) groups is 16. The highest BCUT2D eigenvalue weighted by Crippen LogP contribution is 2.67. The van der Waals surface area contributed by atoms with Crippen LogP contribution < -0.4 is 44.5 Å². The first-order valence-electron chi connectivity index (χ1n) is 40.4. The molecule has 34 rings (SSSR count). The van der Waals surface area contributed by atoms with Gasteiger partial charge in [-0.05, 0) is 49.9 Å². The minimum absolute atomic E-state index is 0.114. The molecule has 0 saturated carbocycles. The summed E-state index contributed by atoms with van der Waals surface area (Å²) in [6.07, 6.45) is 0.160. The Morgan fingerprint density at radius 3 is 0.411 bits per heavy atom. The number of aromatic nitrogens is 8. The molecule has 28 aliphatic rings. The van der Waals surface area contributed by atoms with Crippen LogP contribution in [0.15, 0.2) is 62.6 Å². The average Bonchev–Trinajstić information content (AvgIpc) is 1.44. The van der Waals surface area contributed by atoms with Crippen molar-refractivity contribution >= 4 is 139 Å². The number of urea groups is 8. The Hall–Kier alpha value is -15.1. The van der Waals surface area contributed by atoms with Crippen molar-refractivity contribution in [3.63, 3.8) is 0 Å². The third kappa shape index (κ3) is 6.28. The second kappa shape index (κ2) is 21.3. The number of amides is 24. The summed E-state index contributed by atoms with van der Waals surface area (Å²) in [6.45, 7) is -16.7. The van der Waals surface area contributed by atoms with Crippen molar-refractivity contribution < 1.29 is 76.7 Å². The standard InChI is InChI=1S/C72H64N28O24/c1-5-9-13-73-49(109)65-69(53(73)113)85-25-93-41(101)33-17-35-34-18-36(33)44(104)96(93)28-90-62(122)82-24-84-64(124)92-32-100-48(108)40-20-38-39-19-37(40)45(105)97(100)29-87-59(119)79(21-77(65)57(85)117)66-50(110)74(14-10-6-2)54(114)70(66,87)88-30-98(46(38)106)99(47(39)107)31-91-63(123)83(68(84)52(112)76(16-12-8-4)56(116)72(68,91)92)23-81-61(121)89(71(90)55(115)75(15-11-7-3)51(111)67(71,81)82)27-95(43(35)103)94(42(34)102)26-86(69)58(118)78(65)22-80(66)60(88)120/h17-20H,5-16,21-32H2,1-4H3. The minimum Gasteiger partial charge on any atom is -0.275 e. The van der Waals surface area contributed by atoms with Gasteiger partial charge in [0.1, 0.15) is 80.0 Å². The van der Waals surface area contributed by atoms with E-state index in [-0.39, 0.29) is 51.4 Å². The fraction of sp³-hybridized carbons (Fsp3) is 0.500. The lowest BCUT2D eigenvalue weighted by Gasteiger charge is -2.49. The Kier molecular flexibility index (Phi) is 12.3. The summed E-state index contributed by atoms with van der Waals surface area (Å²) in [7, 11) is 0. The van der Waals surface area contributed by atoms with Gasteiger partial charge in [-0.15, -0.1) is 0 Å². The van der Waals surface area contributed by atoms with Gasteiger partial charge < -0.3 is 0 Å². The number of carbonyl (C=O) groups excluding carboxylic acids is 16. The van der Waals surface area contributed by atoms with Crippen molar-refractivity contribution in [1.29, 1.82) is 0 Å². The van der Waals surface area contributed by atoms with Gasteiger partial charge >= 0.3 is 48.2 Å². The largest absolute Gasteiger partial charge is 0.327 e. The fourth-order valence-corrected chi connectivity index (χ4v) is 24.5. The summed E-state index contributed by atoms with van der Waals surface area (Å²) in [5.74, 6) is -12.7. The van der Waals surface area contributed by atoms with Crippen LogP contribution in [0.5, 0.6) is 0 Å². The zero-order valence-electron chi connectivity index (χ0n) is 65.6. The average molecular weight is 1710 g/mol. The molecule has 0 N–H and O–H groups in total. The molecule has 0 radical (unpaired) electrons. The maximum atomic E-state index is 17.7. The number of rotatable bonds is 12. The number of nitrogens with zero attached hydrogens (tertiary/aromatic N) is 28. The summed E-state index contributed by atoms with van der Waals surface area (Å²) in [6, 6.07) is -10.7.